The molecule has 4 rings (SSSR count). The lowest BCUT2D eigenvalue weighted by Crippen LogP contribution is -2.59. The van der Waals surface area contributed by atoms with E-state index in [1.54, 1.807) is 6.92 Å². The van der Waals surface area contributed by atoms with E-state index in [2.05, 4.69) is 22.8 Å². The fourth-order valence-corrected chi connectivity index (χ4v) is 4.72. The van der Waals surface area contributed by atoms with Gasteiger partial charge in [0.1, 0.15) is 12.6 Å². The number of hydrogen-bond donors (Lipinski definition) is 3. The third-order valence-corrected chi connectivity index (χ3v) is 6.55. The zero-order valence-corrected chi connectivity index (χ0v) is 18.1. The van der Waals surface area contributed by atoms with Crippen LogP contribution in [-0.4, -0.2) is 41.3 Å². The number of rotatable bonds is 8. The van der Waals surface area contributed by atoms with Crippen molar-refractivity contribution in [3.05, 3.63) is 59.7 Å². The highest BCUT2D eigenvalue weighted by molar-refractivity contribution is 5.87. The molecule has 0 heterocycles. The lowest BCUT2D eigenvalue weighted by atomic mass is 9.74. The van der Waals surface area contributed by atoms with Crippen LogP contribution in [-0.2, 0) is 14.3 Å². The van der Waals surface area contributed by atoms with E-state index in [4.69, 9.17) is 9.84 Å². The van der Waals surface area contributed by atoms with Crippen molar-refractivity contribution >= 4 is 18.0 Å². The Morgan fingerprint density at radius 2 is 1.66 bits per heavy atom. The van der Waals surface area contributed by atoms with Gasteiger partial charge in [0.25, 0.3) is 0 Å². The first-order valence-electron chi connectivity index (χ1n) is 11.1. The standard InChI is InChI=1S/C25H28N2O5/c1-2-21(23(30)27-25(12-7-13-25)14-22(28)29)26-24(31)32-15-20-18-10-5-3-8-16(18)17-9-4-6-11-19(17)20/h3-6,8-11,20-21H,2,7,12-15H2,1H3,(H,26,31)(H,27,30)(H,28,29)/t21-/m1/s1. The van der Waals surface area contributed by atoms with Crippen LogP contribution >= 0.6 is 0 Å². The van der Waals surface area contributed by atoms with E-state index in [1.807, 2.05) is 36.4 Å². The second kappa shape index (κ2) is 9.02. The second-order valence-corrected chi connectivity index (χ2v) is 8.62. The lowest BCUT2D eigenvalue weighted by Gasteiger charge is -2.42. The summed E-state index contributed by atoms with van der Waals surface area (Å²) in [6, 6.07) is 15.4. The maximum Gasteiger partial charge on any atom is 0.407 e. The van der Waals surface area contributed by atoms with Crippen LogP contribution in [0.5, 0.6) is 0 Å². The second-order valence-electron chi connectivity index (χ2n) is 8.62. The van der Waals surface area contributed by atoms with Gasteiger partial charge in [0.15, 0.2) is 0 Å². The Morgan fingerprint density at radius 1 is 1.06 bits per heavy atom. The minimum absolute atomic E-state index is 0.0594. The van der Waals surface area contributed by atoms with Crippen LogP contribution in [0.15, 0.2) is 48.5 Å². The number of carboxylic acids is 1. The van der Waals surface area contributed by atoms with Crippen molar-refractivity contribution in [2.45, 2.75) is 56.5 Å². The molecule has 32 heavy (non-hydrogen) atoms. The first-order chi connectivity index (χ1) is 15.4. The number of benzene rings is 2. The number of nitrogens with one attached hydrogen (secondary N) is 2. The Balaban J connectivity index is 1.37. The van der Waals surface area contributed by atoms with Crippen molar-refractivity contribution in [3.8, 4) is 11.1 Å². The molecular weight excluding hydrogens is 408 g/mol. The Labute approximate surface area is 187 Å². The van der Waals surface area contributed by atoms with Gasteiger partial charge in [-0.05, 0) is 47.9 Å². The molecule has 1 atom stereocenters. The topological polar surface area (TPSA) is 105 Å². The van der Waals surface area contributed by atoms with Gasteiger partial charge in [-0.1, -0.05) is 55.5 Å². The average Bonchev–Trinajstić information content (AvgIpc) is 3.08. The van der Waals surface area contributed by atoms with Crippen LogP contribution in [0.2, 0.25) is 0 Å². The first kappa shape index (κ1) is 21.9. The van der Waals surface area contributed by atoms with Gasteiger partial charge in [-0.15, -0.1) is 0 Å². The molecule has 0 saturated heterocycles. The maximum absolute atomic E-state index is 12.7. The van der Waals surface area contributed by atoms with Gasteiger partial charge in [-0.3, -0.25) is 9.59 Å². The van der Waals surface area contributed by atoms with Gasteiger partial charge >= 0.3 is 12.1 Å². The Bertz CT molecular complexity index is 985. The highest BCUT2D eigenvalue weighted by Gasteiger charge is 2.41. The monoisotopic (exact) mass is 436 g/mol. The summed E-state index contributed by atoms with van der Waals surface area (Å²) in [6.45, 7) is 1.96. The van der Waals surface area contributed by atoms with Gasteiger partial charge < -0.3 is 20.5 Å². The van der Waals surface area contributed by atoms with Gasteiger partial charge in [0.2, 0.25) is 5.91 Å². The zero-order chi connectivity index (χ0) is 22.7. The smallest absolute Gasteiger partial charge is 0.407 e. The molecule has 3 N–H and O–H groups in total. The van der Waals surface area contributed by atoms with E-state index in [-0.39, 0.29) is 24.9 Å². The summed E-state index contributed by atoms with van der Waals surface area (Å²) in [4.78, 5) is 36.4. The number of carboxylic acid groups (broad SMARTS) is 1. The first-order valence-corrected chi connectivity index (χ1v) is 11.1. The molecule has 2 aliphatic rings. The van der Waals surface area contributed by atoms with Crippen LogP contribution in [0.3, 0.4) is 0 Å². The third kappa shape index (κ3) is 4.33. The van der Waals surface area contributed by atoms with Crippen LogP contribution < -0.4 is 10.6 Å². The molecule has 0 aromatic heterocycles. The summed E-state index contributed by atoms with van der Waals surface area (Å²) in [6.07, 6.45) is 1.75. The van der Waals surface area contributed by atoms with Crippen molar-refractivity contribution in [1.82, 2.24) is 10.6 Å². The largest absolute Gasteiger partial charge is 0.481 e. The fourth-order valence-electron chi connectivity index (χ4n) is 4.72. The quantitative estimate of drug-likeness (QED) is 0.584. The Hall–Kier alpha value is -3.35. The fraction of sp³-hybridized carbons (Fsp3) is 0.400. The molecule has 0 unspecified atom stereocenters. The predicted octanol–water partition coefficient (Wildman–Crippen LogP) is 3.82. The number of carbonyl (C=O) groups is 3. The van der Waals surface area contributed by atoms with Gasteiger partial charge in [-0.25, -0.2) is 4.79 Å². The van der Waals surface area contributed by atoms with E-state index in [1.165, 1.54) is 0 Å². The van der Waals surface area contributed by atoms with Gasteiger partial charge in [0, 0.05) is 5.92 Å². The van der Waals surface area contributed by atoms with Gasteiger partial charge in [0.05, 0.1) is 12.0 Å². The molecule has 0 spiro atoms. The summed E-state index contributed by atoms with van der Waals surface area (Å²) >= 11 is 0. The maximum atomic E-state index is 12.7. The average molecular weight is 437 g/mol. The van der Waals surface area contributed by atoms with Crippen molar-refractivity contribution in [1.29, 1.82) is 0 Å². The van der Waals surface area contributed by atoms with Crippen LogP contribution in [0, 0.1) is 0 Å². The molecule has 1 saturated carbocycles. The van der Waals surface area contributed by atoms with Crippen molar-refractivity contribution in [2.24, 2.45) is 0 Å². The molecule has 2 aliphatic carbocycles. The molecule has 2 aromatic rings. The lowest BCUT2D eigenvalue weighted by molar-refractivity contribution is -0.140. The van der Waals surface area contributed by atoms with Crippen LogP contribution in [0.1, 0.15) is 56.1 Å². The number of alkyl carbamates (subject to hydrolysis) is 1. The predicted molar refractivity (Wildman–Crippen MR) is 119 cm³/mol. The van der Waals surface area contributed by atoms with E-state index in [0.29, 0.717) is 19.3 Å². The number of ether oxygens (including phenoxy) is 1. The minimum Gasteiger partial charge on any atom is -0.481 e. The molecule has 2 aromatic carbocycles. The molecule has 0 aliphatic heterocycles. The SMILES string of the molecule is CC[C@@H](NC(=O)OCC1c2ccccc2-c2ccccc21)C(=O)NC1(CC(=O)O)CCC1. The molecular formula is C25H28N2O5. The molecule has 7 heteroatoms. The van der Waals surface area contributed by atoms with E-state index in [9.17, 15) is 14.4 Å². The molecule has 0 radical (unpaired) electrons. The van der Waals surface area contributed by atoms with Crippen LogP contribution in [0.4, 0.5) is 4.79 Å². The molecule has 0 bridgehead atoms. The third-order valence-electron chi connectivity index (χ3n) is 6.55. The van der Waals surface area contributed by atoms with Crippen molar-refractivity contribution in [3.63, 3.8) is 0 Å². The minimum atomic E-state index is -0.942. The van der Waals surface area contributed by atoms with E-state index < -0.39 is 23.6 Å². The number of fused-ring (bicyclic) bond motifs is 3. The summed E-state index contributed by atoms with van der Waals surface area (Å²) in [5.41, 5.74) is 3.82. The van der Waals surface area contributed by atoms with Crippen molar-refractivity contribution < 1.29 is 24.2 Å². The van der Waals surface area contributed by atoms with Crippen molar-refractivity contribution in [2.75, 3.05) is 6.61 Å². The highest BCUT2D eigenvalue weighted by Crippen LogP contribution is 2.44. The highest BCUT2D eigenvalue weighted by atomic mass is 16.5. The van der Waals surface area contributed by atoms with E-state index in [0.717, 1.165) is 28.7 Å². The molecule has 7 nitrogen and oxygen atoms in total. The summed E-state index contributed by atoms with van der Waals surface area (Å²) in [7, 11) is 0. The molecule has 2 amide bonds. The normalized spacial score (nSPS) is 16.8. The number of amides is 2. The Kier molecular flexibility index (Phi) is 6.17. The number of hydrogen-bond acceptors (Lipinski definition) is 4. The zero-order valence-electron chi connectivity index (χ0n) is 18.1. The summed E-state index contributed by atoms with van der Waals surface area (Å²) < 4.78 is 5.53. The summed E-state index contributed by atoms with van der Waals surface area (Å²) in [5, 5.41) is 14.6. The Morgan fingerprint density at radius 3 is 2.16 bits per heavy atom. The van der Waals surface area contributed by atoms with Gasteiger partial charge in [-0.2, -0.15) is 0 Å². The van der Waals surface area contributed by atoms with E-state index >= 15 is 0 Å². The summed E-state index contributed by atoms with van der Waals surface area (Å²) in [5.74, 6) is -1.37. The number of aliphatic carboxylic acids is 1. The molecule has 1 fully saturated rings. The van der Waals surface area contributed by atoms with Crippen LogP contribution in [0.25, 0.3) is 11.1 Å². The molecule has 168 valence electrons. The number of carbonyl (C=O) groups excluding carboxylic acids is 2.